The number of Topliss-reactive ketones (excluding diaryl/α,β-unsaturated/α-hetero) is 1. The van der Waals surface area contributed by atoms with Crippen LogP contribution in [0.1, 0.15) is 158 Å². The van der Waals surface area contributed by atoms with E-state index in [-0.39, 0.29) is 118 Å². The van der Waals surface area contributed by atoms with E-state index in [0.29, 0.717) is 32.8 Å². The molecule has 12 aliphatic rings. The van der Waals surface area contributed by atoms with Crippen LogP contribution in [-0.2, 0) is 109 Å². The fraction of sp³-hybridized carbons (Fsp3) is 0.716. The lowest BCUT2D eigenvalue weighted by Gasteiger charge is -2.49. The summed E-state index contributed by atoms with van der Waals surface area (Å²) in [4.78, 5) is 66.9. The Labute approximate surface area is 670 Å². The zero-order valence-corrected chi connectivity index (χ0v) is 68.0. The molecule has 112 heavy (non-hydrogen) atoms. The van der Waals surface area contributed by atoms with Crippen molar-refractivity contribution >= 4 is 55.4 Å². The van der Waals surface area contributed by atoms with Gasteiger partial charge in [0.1, 0.15) is 50.8 Å². The molecule has 0 aliphatic carbocycles. The summed E-state index contributed by atoms with van der Waals surface area (Å²) in [5.41, 5.74) is 3.00. The molecule has 3 aromatic rings. The summed E-state index contributed by atoms with van der Waals surface area (Å²) >= 11 is 0. The first kappa shape index (κ1) is 97.3. The quantitative estimate of drug-likeness (QED) is 0.108. The van der Waals surface area contributed by atoms with Gasteiger partial charge in [0.25, 0.3) is 5.79 Å². The molecule has 12 fully saturated rings. The summed E-state index contributed by atoms with van der Waals surface area (Å²) in [7, 11) is -3.30. The van der Waals surface area contributed by atoms with Gasteiger partial charge in [0.15, 0.2) is 64.2 Å². The standard InChI is InChI=1S/C23H35NO6Si.C17H21NO6.C17H19NO6.C16H29NO6Si.C2H7P.6CH4/c1-21(2,3)31(6,7)29-19-18-17(14-26-23(19)15-27-22(4,5)30-23)24(20(25)28-18)13-16-11-9-8-10-12-16;2*1-16(2)22-10-17(24-16)14(19)13-12(9-21-17)18(15(20)23-13)8-11-6-4-3-5-7-11;1-14(2,3)24(6,7)22-12-11-10(17-13(18)21-11)8-19-16(12)9-20-15(4,5)23-16;1-3-2;;;;;;/h8-12,17-19H,13-15H2,1-7H3;3-7,12-14,19H,8-10H2,1-2H3;3-7,12-13H,8-10H2,1-2H3;10-12H,8-9H2,1-7H3,(H,17,18);3H,1-2H3;6*1H4/t17-,18?,19+,23+;12-,13?,14+,17+;12-,13?,17+;10-,11?,12+,16+;;;;;;;/m1111......./s1. The maximum absolute atomic E-state index is 12.9. The maximum atomic E-state index is 12.9. The lowest BCUT2D eigenvalue weighted by molar-refractivity contribution is -0.322. The third kappa shape index (κ3) is 20.4. The Morgan fingerprint density at radius 2 is 0.786 bits per heavy atom. The van der Waals surface area contributed by atoms with Crippen molar-refractivity contribution in [2.45, 2.75) is 311 Å². The molecule has 4 unspecified atom stereocenters. The molecule has 2 N–H and O–H groups in total. The van der Waals surface area contributed by atoms with Crippen LogP contribution < -0.4 is 5.32 Å². The smallest absolute Gasteiger partial charge is 0.411 e. The molecule has 4 amide bonds. The van der Waals surface area contributed by atoms with Gasteiger partial charge in [-0.2, -0.15) is 0 Å². The second-order valence-electron chi connectivity index (χ2n) is 33.7. The molecular formula is C81H135N4O24PSi2. The number of ketones is 1. The highest BCUT2D eigenvalue weighted by Gasteiger charge is 2.69. The van der Waals surface area contributed by atoms with Crippen LogP contribution in [-0.4, -0.2) is 246 Å². The van der Waals surface area contributed by atoms with Crippen LogP contribution in [0.25, 0.3) is 0 Å². The lowest BCUT2D eigenvalue weighted by Crippen LogP contribution is -2.66. The van der Waals surface area contributed by atoms with E-state index in [1.807, 2.05) is 119 Å². The summed E-state index contributed by atoms with van der Waals surface area (Å²) in [5.74, 6) is -8.62. The normalized spacial score (nSPS) is 33.0. The molecule has 15 rings (SSSR count). The Morgan fingerprint density at radius 1 is 0.446 bits per heavy atom. The van der Waals surface area contributed by atoms with E-state index < -0.39 is 136 Å². The van der Waals surface area contributed by atoms with Crippen LogP contribution in [0, 0.1) is 0 Å². The molecule has 31 heteroatoms. The average molecular weight is 1640 g/mol. The highest BCUT2D eigenvalue weighted by molar-refractivity contribution is 7.35. The topological polar surface area (TPSA) is 293 Å². The average Bonchev–Trinajstić information content (AvgIpc) is 1.58. The molecule has 0 bridgehead atoms. The number of carbonyl (C=O) groups is 5. The predicted molar refractivity (Wildman–Crippen MR) is 430 cm³/mol. The molecule has 0 saturated carbocycles. The number of hydrogen-bond donors (Lipinski definition) is 2. The van der Waals surface area contributed by atoms with Crippen LogP contribution in [0.3, 0.4) is 0 Å². The number of fused-ring (bicyclic) bond motifs is 4. The second kappa shape index (κ2) is 36.3. The van der Waals surface area contributed by atoms with Gasteiger partial charge in [0.2, 0.25) is 23.1 Å². The summed E-state index contributed by atoms with van der Waals surface area (Å²) in [6.07, 6.45) is -6.49. The summed E-state index contributed by atoms with van der Waals surface area (Å²) in [5, 5.41) is 13.5. The Bertz CT molecular complexity index is 3610. The van der Waals surface area contributed by atoms with Gasteiger partial charge in [-0.15, -0.1) is 8.58 Å². The predicted octanol–water partition coefficient (Wildman–Crippen LogP) is 14.1. The number of nitrogens with one attached hydrogen (secondary N) is 1. The number of ether oxygens (including phenoxy) is 16. The number of aliphatic hydroxyl groups is 1. The van der Waals surface area contributed by atoms with Crippen molar-refractivity contribution in [2.75, 3.05) is 66.2 Å². The number of nitrogens with zero attached hydrogens (tertiary/aromatic N) is 3. The highest BCUT2D eigenvalue weighted by atomic mass is 31.1. The van der Waals surface area contributed by atoms with Crippen molar-refractivity contribution in [1.82, 2.24) is 20.0 Å². The Balaban J connectivity index is 0.000000260. The summed E-state index contributed by atoms with van der Waals surface area (Å²) in [6, 6.07) is 27.8. The maximum Gasteiger partial charge on any atom is 0.411 e. The largest absolute Gasteiger partial charge is 0.441 e. The molecule has 28 nitrogen and oxygen atoms in total. The molecule has 12 heterocycles. The summed E-state index contributed by atoms with van der Waals surface area (Å²) in [6.45, 7) is 43.3. The number of aliphatic hydroxyl groups excluding tert-OH is 1. The fourth-order valence-corrected chi connectivity index (χ4v) is 16.7. The van der Waals surface area contributed by atoms with E-state index in [9.17, 15) is 29.1 Å². The Morgan fingerprint density at radius 3 is 1.18 bits per heavy atom. The second-order valence-corrected chi connectivity index (χ2v) is 44.2. The van der Waals surface area contributed by atoms with Crippen molar-refractivity contribution in [3.8, 4) is 0 Å². The number of carbonyl (C=O) groups excluding carboxylic acids is 5. The first-order chi connectivity index (χ1) is 49.4. The minimum Gasteiger partial charge on any atom is -0.441 e. The third-order valence-electron chi connectivity index (χ3n) is 21.7. The fourth-order valence-electron chi connectivity index (χ4n) is 14.1. The lowest BCUT2D eigenvalue weighted by atomic mass is 9.95. The molecule has 12 saturated heterocycles. The zero-order valence-electron chi connectivity index (χ0n) is 65.0. The number of rotatable bonds is 10. The first-order valence-corrected chi connectivity index (χ1v) is 44.3. The van der Waals surface area contributed by atoms with Gasteiger partial charge in [-0.3, -0.25) is 19.5 Å². The summed E-state index contributed by atoms with van der Waals surface area (Å²) < 4.78 is 106. The van der Waals surface area contributed by atoms with Crippen molar-refractivity contribution in [3.05, 3.63) is 108 Å². The molecule has 3 aromatic carbocycles. The molecule has 0 aromatic heterocycles. The third-order valence-corrected chi connectivity index (χ3v) is 30.6. The highest BCUT2D eigenvalue weighted by Crippen LogP contribution is 2.50. The Hall–Kier alpha value is -5.33. The van der Waals surface area contributed by atoms with E-state index in [1.165, 1.54) is 4.90 Å². The van der Waals surface area contributed by atoms with Crippen molar-refractivity contribution < 1.29 is 114 Å². The first-order valence-electron chi connectivity index (χ1n) is 36.5. The number of hydrogen-bond acceptors (Lipinski definition) is 24. The van der Waals surface area contributed by atoms with Gasteiger partial charge in [-0.05, 0) is 122 Å². The van der Waals surface area contributed by atoms with E-state index in [2.05, 4.69) is 86.4 Å². The van der Waals surface area contributed by atoms with E-state index in [1.54, 1.807) is 37.5 Å². The van der Waals surface area contributed by atoms with Crippen molar-refractivity contribution in [2.24, 2.45) is 0 Å². The van der Waals surface area contributed by atoms with Crippen LogP contribution in [0.2, 0.25) is 36.3 Å². The van der Waals surface area contributed by atoms with Crippen molar-refractivity contribution in [3.63, 3.8) is 0 Å². The zero-order chi connectivity index (χ0) is 77.2. The van der Waals surface area contributed by atoms with Crippen LogP contribution >= 0.6 is 8.58 Å². The molecule has 636 valence electrons. The van der Waals surface area contributed by atoms with Crippen molar-refractivity contribution in [1.29, 1.82) is 0 Å². The molecule has 4 spiro atoms. The Kier molecular flexibility index (Phi) is 31.5. The van der Waals surface area contributed by atoms with E-state index in [4.69, 9.17) is 84.6 Å². The van der Waals surface area contributed by atoms with Gasteiger partial charge < -0.3 is 95.1 Å². The molecule has 15 atom stereocenters. The van der Waals surface area contributed by atoms with Gasteiger partial charge >= 0.3 is 24.4 Å². The minimum absolute atomic E-state index is 0. The van der Waals surface area contributed by atoms with Crippen LogP contribution in [0.15, 0.2) is 91.0 Å². The number of amides is 4. The number of benzene rings is 3. The van der Waals surface area contributed by atoms with Crippen LogP contribution in [0.4, 0.5) is 19.2 Å². The SMILES string of the molecule is C.C.C.C.C.C.CC1(C)OC[C@]2(OC[C@@H]3C(OC(=O)N3Cc3ccccc3)C2=O)O1.CC1(C)OC[C@]2(OC[C@@H]3C(OC(=O)N3Cc3ccccc3)[C@@H]2O)O1.CC1(C)OC[C@]2(OC[C@@H]3C(OC(=O)N3Cc3ccccc3)[C@@H]2O[Si](C)(C)C(C)(C)C)O1.CC1(C)OC[C@]2(OC[C@H]3NC(=O)OC3[C@@H]2O[Si](C)(C)C(C)(C)C)O1.CPC. The van der Waals surface area contributed by atoms with E-state index >= 15 is 0 Å². The molecular weight excluding hydrogens is 1500 g/mol. The van der Waals surface area contributed by atoms with E-state index in [0.717, 1.165) is 25.3 Å². The minimum atomic E-state index is -2.24. The van der Waals surface area contributed by atoms with Gasteiger partial charge in [0, 0.05) is 19.6 Å². The van der Waals surface area contributed by atoms with Gasteiger partial charge in [-0.1, -0.05) is 177 Å². The van der Waals surface area contributed by atoms with Crippen LogP contribution in [0.5, 0.6) is 0 Å². The monoisotopic (exact) mass is 1630 g/mol. The molecule has 0 radical (unpaired) electrons. The molecule has 12 aliphatic heterocycles. The van der Waals surface area contributed by atoms with Gasteiger partial charge in [0.05, 0.1) is 44.6 Å². The number of alkyl carbamates (subject to hydrolysis) is 1. The van der Waals surface area contributed by atoms with Gasteiger partial charge in [-0.25, -0.2) is 19.2 Å².